The summed E-state index contributed by atoms with van der Waals surface area (Å²) in [4.78, 5) is 56.9. The zero-order valence-corrected chi connectivity index (χ0v) is 61.1. The molecule has 1 fully saturated rings. The molecule has 0 saturated heterocycles. The lowest BCUT2D eigenvalue weighted by atomic mass is 9.68. The van der Waals surface area contributed by atoms with E-state index in [1.54, 1.807) is 0 Å². The first-order valence-corrected chi connectivity index (χ1v) is 41.1. The van der Waals surface area contributed by atoms with Crippen molar-refractivity contribution in [2.45, 2.75) is 451 Å². The van der Waals surface area contributed by atoms with E-state index in [4.69, 9.17) is 18.9 Å². The van der Waals surface area contributed by atoms with Gasteiger partial charge < -0.3 is 18.9 Å². The molecular weight excluding hydrogens is 1110 g/mol. The number of esters is 4. The molecule has 0 aliphatic heterocycles. The average molecular weight is 1270 g/mol. The van der Waals surface area contributed by atoms with Crippen molar-refractivity contribution < 1.29 is 38.1 Å². The Labute approximate surface area is 560 Å². The van der Waals surface area contributed by atoms with Crippen molar-refractivity contribution in [3.05, 3.63) is 0 Å². The molecule has 0 aromatic heterocycles. The fourth-order valence-corrected chi connectivity index (χ4v) is 14.0. The molecule has 8 heteroatoms. The van der Waals surface area contributed by atoms with Gasteiger partial charge in [0.05, 0.1) is 50.1 Å². The summed E-state index contributed by atoms with van der Waals surface area (Å²) in [6, 6.07) is 0. The van der Waals surface area contributed by atoms with Crippen LogP contribution in [-0.4, -0.2) is 50.3 Å². The van der Waals surface area contributed by atoms with E-state index in [1.807, 2.05) is 0 Å². The van der Waals surface area contributed by atoms with E-state index in [9.17, 15) is 19.2 Å². The van der Waals surface area contributed by atoms with Crippen molar-refractivity contribution >= 4 is 23.9 Å². The second kappa shape index (κ2) is 69.7. The highest BCUT2D eigenvalue weighted by Crippen LogP contribution is 2.41. The minimum absolute atomic E-state index is 0.0210. The van der Waals surface area contributed by atoms with Crippen LogP contribution >= 0.6 is 0 Å². The van der Waals surface area contributed by atoms with Crippen molar-refractivity contribution in [3.8, 4) is 0 Å². The van der Waals surface area contributed by atoms with Crippen LogP contribution in [0.3, 0.4) is 0 Å². The van der Waals surface area contributed by atoms with Crippen molar-refractivity contribution in [1.82, 2.24) is 0 Å². The van der Waals surface area contributed by atoms with E-state index in [2.05, 4.69) is 27.7 Å². The first kappa shape index (κ1) is 85.9. The third-order valence-corrected chi connectivity index (χ3v) is 20.2. The molecule has 1 rings (SSSR count). The van der Waals surface area contributed by atoms with Gasteiger partial charge in [-0.2, -0.15) is 0 Å². The van der Waals surface area contributed by atoms with Crippen LogP contribution in [0.5, 0.6) is 0 Å². The van der Waals surface area contributed by atoms with Crippen LogP contribution in [0.15, 0.2) is 0 Å². The Hall–Kier alpha value is -2.12. The van der Waals surface area contributed by atoms with Gasteiger partial charge in [-0.05, 0) is 38.5 Å². The number of rotatable bonds is 72. The molecule has 1 aliphatic carbocycles. The van der Waals surface area contributed by atoms with Gasteiger partial charge in [-0.25, -0.2) is 0 Å². The molecule has 1 aliphatic rings. The van der Waals surface area contributed by atoms with Crippen LogP contribution in [0.25, 0.3) is 0 Å². The highest BCUT2D eigenvalue weighted by molar-refractivity contribution is 5.87. The lowest BCUT2D eigenvalue weighted by Gasteiger charge is -2.37. The molecule has 4 atom stereocenters. The summed E-state index contributed by atoms with van der Waals surface area (Å²) in [5, 5.41) is 0. The summed E-state index contributed by atoms with van der Waals surface area (Å²) < 4.78 is 24.0. The Morgan fingerprint density at radius 3 is 0.389 bits per heavy atom. The third-order valence-electron chi connectivity index (χ3n) is 20.2. The minimum Gasteiger partial charge on any atom is -0.465 e. The van der Waals surface area contributed by atoms with E-state index in [0.717, 1.165) is 77.0 Å². The third kappa shape index (κ3) is 55.2. The van der Waals surface area contributed by atoms with Gasteiger partial charge >= 0.3 is 23.9 Å². The molecule has 0 aromatic carbocycles. The minimum atomic E-state index is -0.887. The van der Waals surface area contributed by atoms with Crippen LogP contribution in [0.4, 0.5) is 0 Å². The van der Waals surface area contributed by atoms with Crippen LogP contribution in [0.1, 0.15) is 451 Å². The molecule has 0 radical (unpaired) electrons. The molecule has 0 heterocycles. The lowest BCUT2D eigenvalue weighted by molar-refractivity contribution is -0.175. The standard InChI is InChI=1S/C82H156O8/c1-5-9-13-17-21-25-29-33-37-41-45-49-53-57-61-65-69-87-79(83)75-73-77(81(85)89-71-67-63-59-55-51-47-43-39-35-31-27-23-19-15-11-7-3)78(82(86)90-72-68-64-60-56-52-48-44-40-36-32-28-24-20-16-12-8-4)74-76(75)80(84)88-70-66-62-58-54-50-46-42-38-34-30-26-22-18-14-10-6-2/h75-78H,5-74H2,1-4H3. The van der Waals surface area contributed by atoms with Crippen LogP contribution in [-0.2, 0) is 38.1 Å². The Bertz CT molecular complexity index is 1300. The quantitative estimate of drug-likeness (QED) is 0.0337. The molecular formula is C82H156O8. The van der Waals surface area contributed by atoms with Gasteiger partial charge in [0.1, 0.15) is 0 Å². The topological polar surface area (TPSA) is 105 Å². The summed E-state index contributed by atoms with van der Waals surface area (Å²) >= 11 is 0. The average Bonchev–Trinajstić information content (AvgIpc) is 2.34. The smallest absolute Gasteiger partial charge is 0.309 e. The maximum Gasteiger partial charge on any atom is 0.309 e. The maximum atomic E-state index is 14.2. The first-order valence-electron chi connectivity index (χ1n) is 41.1. The van der Waals surface area contributed by atoms with Gasteiger partial charge in [0, 0.05) is 0 Å². The molecule has 0 amide bonds. The Kier molecular flexibility index (Phi) is 66.5. The van der Waals surface area contributed by atoms with Gasteiger partial charge in [-0.15, -0.1) is 0 Å². The van der Waals surface area contributed by atoms with Crippen molar-refractivity contribution in [2.24, 2.45) is 23.7 Å². The van der Waals surface area contributed by atoms with Crippen molar-refractivity contribution in [2.75, 3.05) is 26.4 Å². The molecule has 1 saturated carbocycles. The van der Waals surface area contributed by atoms with E-state index in [0.29, 0.717) is 0 Å². The van der Waals surface area contributed by atoms with Crippen molar-refractivity contribution in [1.29, 1.82) is 0 Å². The number of unbranched alkanes of at least 4 members (excludes halogenated alkanes) is 60. The first-order chi connectivity index (χ1) is 44.4. The number of hydrogen-bond acceptors (Lipinski definition) is 8. The summed E-state index contributed by atoms with van der Waals surface area (Å²) in [7, 11) is 0. The molecule has 0 N–H and O–H groups in total. The fourth-order valence-electron chi connectivity index (χ4n) is 14.0. The predicted octanol–water partition coefficient (Wildman–Crippen LogP) is 26.5. The largest absolute Gasteiger partial charge is 0.465 e. The summed E-state index contributed by atoms with van der Waals surface area (Å²) in [5.74, 6) is -5.40. The molecule has 8 nitrogen and oxygen atoms in total. The highest BCUT2D eigenvalue weighted by atomic mass is 16.5. The van der Waals surface area contributed by atoms with Crippen molar-refractivity contribution in [3.63, 3.8) is 0 Å². The summed E-state index contributed by atoms with van der Waals surface area (Å²) in [6.45, 7) is 10.3. The van der Waals surface area contributed by atoms with Gasteiger partial charge in [0.15, 0.2) is 0 Å². The number of carbonyl (C=O) groups excluding carboxylic acids is 4. The summed E-state index contributed by atoms with van der Waals surface area (Å²) in [5.41, 5.74) is 0. The monoisotopic (exact) mass is 1270 g/mol. The second-order valence-corrected chi connectivity index (χ2v) is 28.8. The van der Waals surface area contributed by atoms with Crippen LogP contribution in [0, 0.1) is 23.7 Å². The van der Waals surface area contributed by atoms with Gasteiger partial charge in [-0.1, -0.05) is 413 Å². The molecule has 4 unspecified atom stereocenters. The van der Waals surface area contributed by atoms with E-state index < -0.39 is 47.5 Å². The number of ether oxygens (including phenoxy) is 4. The Morgan fingerprint density at radius 2 is 0.278 bits per heavy atom. The van der Waals surface area contributed by atoms with Gasteiger partial charge in [0.2, 0.25) is 0 Å². The second-order valence-electron chi connectivity index (χ2n) is 28.8. The number of carbonyl (C=O) groups is 4. The van der Waals surface area contributed by atoms with Crippen LogP contribution < -0.4 is 0 Å². The molecule has 0 spiro atoms. The molecule has 532 valence electrons. The highest BCUT2D eigenvalue weighted by Gasteiger charge is 2.51. The maximum absolute atomic E-state index is 14.2. The molecule has 0 bridgehead atoms. The molecule has 0 aromatic rings. The SMILES string of the molecule is CCCCCCCCCCCCCCCCCCOC(=O)C1CC(C(=O)OCCCCCCCCCCCCCCCCCC)C(C(=O)OCCCCCCCCCCCCCCCCCC)CC1C(=O)OCCCCCCCCCCCCCCCCCC. The van der Waals surface area contributed by atoms with E-state index in [1.165, 1.54) is 334 Å². The fraction of sp³-hybridized carbons (Fsp3) is 0.951. The van der Waals surface area contributed by atoms with E-state index >= 15 is 0 Å². The zero-order valence-electron chi connectivity index (χ0n) is 61.1. The van der Waals surface area contributed by atoms with E-state index in [-0.39, 0.29) is 39.3 Å². The van der Waals surface area contributed by atoms with Gasteiger partial charge in [0.25, 0.3) is 0 Å². The zero-order chi connectivity index (χ0) is 64.9. The van der Waals surface area contributed by atoms with Gasteiger partial charge in [-0.3, -0.25) is 19.2 Å². The summed E-state index contributed by atoms with van der Waals surface area (Å²) in [6.07, 6.45) is 81.3. The Balaban J connectivity index is 2.84. The molecule has 90 heavy (non-hydrogen) atoms. The lowest BCUT2D eigenvalue weighted by Crippen LogP contribution is -2.46. The normalized spacial score (nSPS) is 15.8. The predicted molar refractivity (Wildman–Crippen MR) is 385 cm³/mol. The number of hydrogen-bond donors (Lipinski definition) is 0. The van der Waals surface area contributed by atoms with Crippen LogP contribution in [0.2, 0.25) is 0 Å². The Morgan fingerprint density at radius 1 is 0.178 bits per heavy atom.